The summed E-state index contributed by atoms with van der Waals surface area (Å²) in [6.45, 7) is 0.404. The van der Waals surface area contributed by atoms with E-state index < -0.39 is 6.04 Å². The highest BCUT2D eigenvalue weighted by atomic mass is 16.5. The molecule has 0 aromatic carbocycles. The lowest BCUT2D eigenvalue weighted by Gasteiger charge is -2.63. The van der Waals surface area contributed by atoms with Crippen LogP contribution in [-0.4, -0.2) is 52.9 Å². The molecule has 4 bridgehead atoms. The second kappa shape index (κ2) is 5.67. The number of amides is 1. The zero-order valence-electron chi connectivity index (χ0n) is 15.3. The molecule has 5 aliphatic carbocycles. The number of likely N-dealkylation sites (tertiary alicyclic amines) is 1. The Balaban J connectivity index is 1.40. The lowest BCUT2D eigenvalue weighted by atomic mass is 9.46. The van der Waals surface area contributed by atoms with Gasteiger partial charge in [0.1, 0.15) is 6.04 Å². The SMILES string of the molecule is N#C[C@@H]1C[C@@H]2C[C@@H]2N1C(=O)[C@@H](N)C12CC3C[C@@H](CC(OCCO)(C3)C1)C2. The van der Waals surface area contributed by atoms with Crippen LogP contribution in [-0.2, 0) is 9.53 Å². The quantitative estimate of drug-likeness (QED) is 0.768. The Hall–Kier alpha value is -1.16. The molecule has 3 unspecified atom stereocenters. The molecule has 6 aliphatic rings. The number of piperidine rings is 1. The molecule has 0 aromatic rings. The highest BCUT2D eigenvalue weighted by Gasteiger charge is 2.63. The van der Waals surface area contributed by atoms with Crippen LogP contribution in [0.5, 0.6) is 0 Å². The number of hydrogen-bond acceptors (Lipinski definition) is 5. The first-order valence-electron chi connectivity index (χ1n) is 10.2. The summed E-state index contributed by atoms with van der Waals surface area (Å²) in [5.41, 5.74) is 6.28. The first-order valence-corrected chi connectivity index (χ1v) is 10.2. The molecular weight excluding hydrogens is 330 g/mol. The van der Waals surface area contributed by atoms with E-state index in [2.05, 4.69) is 6.07 Å². The molecule has 3 N–H and O–H groups in total. The number of rotatable bonds is 5. The smallest absolute Gasteiger partial charge is 0.241 e. The monoisotopic (exact) mass is 359 g/mol. The van der Waals surface area contributed by atoms with E-state index in [0.717, 1.165) is 44.9 Å². The van der Waals surface area contributed by atoms with Crippen LogP contribution in [0, 0.1) is 34.5 Å². The molecule has 6 fully saturated rings. The molecule has 0 aromatic heterocycles. The molecule has 1 aliphatic heterocycles. The lowest BCUT2D eigenvalue weighted by molar-refractivity contribution is -0.203. The average Bonchev–Trinajstić information content (AvgIpc) is 3.27. The predicted molar refractivity (Wildman–Crippen MR) is 93.6 cm³/mol. The summed E-state index contributed by atoms with van der Waals surface area (Å²) in [5.74, 6) is 1.67. The van der Waals surface area contributed by atoms with Crippen molar-refractivity contribution in [2.45, 2.75) is 75.1 Å². The maximum Gasteiger partial charge on any atom is 0.241 e. The van der Waals surface area contributed by atoms with Gasteiger partial charge < -0.3 is 20.5 Å². The van der Waals surface area contributed by atoms with E-state index in [9.17, 15) is 15.2 Å². The van der Waals surface area contributed by atoms with Crippen LogP contribution in [0.4, 0.5) is 0 Å². The molecule has 1 saturated heterocycles. The Morgan fingerprint density at radius 1 is 1.27 bits per heavy atom. The topological polar surface area (TPSA) is 99.6 Å². The lowest BCUT2D eigenvalue weighted by Crippen LogP contribution is -2.65. The van der Waals surface area contributed by atoms with E-state index in [1.165, 1.54) is 6.42 Å². The fourth-order valence-electron chi connectivity index (χ4n) is 7.35. The van der Waals surface area contributed by atoms with Crippen molar-refractivity contribution < 1.29 is 14.6 Å². The van der Waals surface area contributed by atoms with E-state index in [1.807, 2.05) is 4.90 Å². The predicted octanol–water partition coefficient (Wildman–Crippen LogP) is 1.17. The number of aliphatic hydroxyl groups is 1. The molecule has 1 heterocycles. The molecular formula is C20H29N3O3. The van der Waals surface area contributed by atoms with Crippen LogP contribution in [0.1, 0.15) is 51.4 Å². The second-order valence-corrected chi connectivity index (χ2v) is 9.75. The minimum absolute atomic E-state index is 0.000748. The first-order chi connectivity index (χ1) is 12.5. The van der Waals surface area contributed by atoms with E-state index >= 15 is 0 Å². The third-order valence-corrected chi connectivity index (χ3v) is 7.99. The van der Waals surface area contributed by atoms with E-state index in [-0.39, 0.29) is 35.6 Å². The molecule has 142 valence electrons. The van der Waals surface area contributed by atoms with Crippen molar-refractivity contribution >= 4 is 5.91 Å². The minimum Gasteiger partial charge on any atom is -0.394 e. The number of nitrogens with zero attached hydrogens (tertiary/aromatic N) is 2. The van der Waals surface area contributed by atoms with Crippen LogP contribution in [0.15, 0.2) is 0 Å². The van der Waals surface area contributed by atoms with Gasteiger partial charge in [-0.3, -0.25) is 4.79 Å². The van der Waals surface area contributed by atoms with Crippen molar-refractivity contribution in [3.63, 3.8) is 0 Å². The summed E-state index contributed by atoms with van der Waals surface area (Å²) < 4.78 is 6.16. The van der Waals surface area contributed by atoms with Crippen molar-refractivity contribution in [2.75, 3.05) is 13.2 Å². The second-order valence-electron chi connectivity index (χ2n) is 9.75. The Bertz CT molecular complexity index is 645. The summed E-state index contributed by atoms with van der Waals surface area (Å²) in [6, 6.07) is 1.76. The fourth-order valence-corrected chi connectivity index (χ4v) is 7.35. The van der Waals surface area contributed by atoms with Gasteiger partial charge in [0.05, 0.1) is 30.9 Å². The number of hydrogen-bond donors (Lipinski definition) is 2. The number of fused-ring (bicyclic) bond motifs is 1. The van der Waals surface area contributed by atoms with Crippen LogP contribution >= 0.6 is 0 Å². The van der Waals surface area contributed by atoms with Crippen LogP contribution < -0.4 is 5.73 Å². The molecule has 26 heavy (non-hydrogen) atoms. The molecule has 6 nitrogen and oxygen atoms in total. The van der Waals surface area contributed by atoms with Crippen molar-refractivity contribution in [1.29, 1.82) is 5.26 Å². The summed E-state index contributed by atoms with van der Waals surface area (Å²) >= 11 is 0. The minimum atomic E-state index is -0.527. The molecule has 0 spiro atoms. The van der Waals surface area contributed by atoms with Gasteiger partial charge in [-0.2, -0.15) is 5.26 Å². The summed E-state index contributed by atoms with van der Waals surface area (Å²) in [5, 5.41) is 18.7. The van der Waals surface area contributed by atoms with Crippen LogP contribution in [0.3, 0.4) is 0 Å². The number of nitrogens with two attached hydrogens (primary N) is 1. The number of carbonyl (C=O) groups excluding carboxylic acids is 1. The molecule has 6 heteroatoms. The van der Waals surface area contributed by atoms with Gasteiger partial charge in [-0.15, -0.1) is 0 Å². The number of carbonyl (C=O) groups is 1. The maximum atomic E-state index is 13.4. The third kappa shape index (κ3) is 2.37. The average molecular weight is 359 g/mol. The van der Waals surface area contributed by atoms with E-state index in [0.29, 0.717) is 24.4 Å². The molecule has 8 atom stereocenters. The Kier molecular flexibility index (Phi) is 3.70. The van der Waals surface area contributed by atoms with Crippen molar-refractivity contribution in [1.82, 2.24) is 4.90 Å². The van der Waals surface area contributed by atoms with Crippen molar-refractivity contribution in [3.05, 3.63) is 0 Å². The number of aliphatic hydroxyl groups excluding tert-OH is 1. The summed E-state index contributed by atoms with van der Waals surface area (Å²) in [6.07, 6.45) is 8.03. The normalized spacial score (nSPS) is 49.0. The summed E-state index contributed by atoms with van der Waals surface area (Å²) in [4.78, 5) is 15.2. The zero-order valence-corrected chi connectivity index (χ0v) is 15.3. The van der Waals surface area contributed by atoms with Gasteiger partial charge in [0.15, 0.2) is 0 Å². The van der Waals surface area contributed by atoms with Gasteiger partial charge in [-0.05, 0) is 74.5 Å². The molecule has 1 amide bonds. The van der Waals surface area contributed by atoms with Gasteiger partial charge in [-0.25, -0.2) is 0 Å². The van der Waals surface area contributed by atoms with Crippen LogP contribution in [0.2, 0.25) is 0 Å². The number of ether oxygens (including phenoxy) is 1. The Morgan fingerprint density at radius 2 is 2.00 bits per heavy atom. The van der Waals surface area contributed by atoms with Crippen LogP contribution in [0.25, 0.3) is 0 Å². The Morgan fingerprint density at radius 3 is 2.65 bits per heavy atom. The van der Waals surface area contributed by atoms with E-state index in [4.69, 9.17) is 10.5 Å². The fraction of sp³-hybridized carbons (Fsp3) is 0.900. The third-order valence-electron chi connectivity index (χ3n) is 7.99. The highest BCUT2D eigenvalue weighted by molar-refractivity contribution is 5.84. The van der Waals surface area contributed by atoms with Crippen molar-refractivity contribution in [2.24, 2.45) is 28.9 Å². The van der Waals surface area contributed by atoms with Crippen molar-refractivity contribution in [3.8, 4) is 6.07 Å². The summed E-state index contributed by atoms with van der Waals surface area (Å²) in [7, 11) is 0. The van der Waals surface area contributed by atoms with Gasteiger partial charge in [0, 0.05) is 6.04 Å². The molecule has 6 rings (SSSR count). The largest absolute Gasteiger partial charge is 0.394 e. The Labute approximate surface area is 154 Å². The van der Waals surface area contributed by atoms with Gasteiger partial charge >= 0.3 is 0 Å². The zero-order chi connectivity index (χ0) is 18.1. The highest BCUT2D eigenvalue weighted by Crippen LogP contribution is 2.64. The molecule has 5 saturated carbocycles. The van der Waals surface area contributed by atoms with E-state index in [1.54, 1.807) is 0 Å². The number of nitriles is 1. The maximum absolute atomic E-state index is 13.4. The first kappa shape index (κ1) is 17.0. The van der Waals surface area contributed by atoms with Gasteiger partial charge in [0.2, 0.25) is 5.91 Å². The van der Waals surface area contributed by atoms with Gasteiger partial charge in [0.25, 0.3) is 0 Å². The standard InChI is InChI=1S/C20H29N3O3/c21-10-15-4-14-5-16(14)23(15)18(25)17(22)19-6-12-3-13(7-19)9-20(8-12,11-19)26-2-1-24/h12-17,24H,1-9,11,22H2/t12-,13?,14-,15+,16+,17-,19?,20?/m1/s1. The van der Waals surface area contributed by atoms with Gasteiger partial charge in [-0.1, -0.05) is 0 Å². The molecule has 0 radical (unpaired) electrons.